The highest BCUT2D eigenvalue weighted by Crippen LogP contribution is 2.25. The van der Waals surface area contributed by atoms with Gasteiger partial charge in [0.15, 0.2) is 0 Å². The summed E-state index contributed by atoms with van der Waals surface area (Å²) in [5, 5.41) is 18.2. The Morgan fingerprint density at radius 2 is 2.04 bits per heavy atom. The summed E-state index contributed by atoms with van der Waals surface area (Å²) in [7, 11) is -3.83. The summed E-state index contributed by atoms with van der Waals surface area (Å²) in [5.74, 6) is -0.475. The van der Waals surface area contributed by atoms with E-state index in [9.17, 15) is 23.3 Å². The van der Waals surface area contributed by atoms with Crippen LogP contribution < -0.4 is 10.5 Å². The molecule has 0 bridgehead atoms. The minimum Gasteiger partial charge on any atom is -0.345 e. The third-order valence-corrected chi connectivity index (χ3v) is 4.98. The number of nitrogens with one attached hydrogen (secondary N) is 1. The molecule has 8 nitrogen and oxygen atoms in total. The molecule has 2 aromatic rings. The number of carbonyl (C=O) groups excluding carboxylic acids is 1. The van der Waals surface area contributed by atoms with E-state index in [1.807, 2.05) is 0 Å². The van der Waals surface area contributed by atoms with Gasteiger partial charge in [-0.2, -0.15) is 0 Å². The Balaban J connectivity index is 2.16. The number of benzene rings is 1. The lowest BCUT2D eigenvalue weighted by molar-refractivity contribution is -0.380. The van der Waals surface area contributed by atoms with Crippen LogP contribution in [0.1, 0.15) is 28.2 Å². The maximum atomic E-state index is 12.1. The quantitative estimate of drug-likeness (QED) is 0.623. The van der Waals surface area contributed by atoms with Gasteiger partial charge in [-0.15, -0.1) is 0 Å². The van der Waals surface area contributed by atoms with Gasteiger partial charge in [0.05, 0.1) is 20.7 Å². The standard InChI is InChI=1S/C13H13N3O5S2/c1-8(9-3-2-4-10(7-9)23(14,20)21)15-13(17)11-5-6-12(22-11)16(18)19/h2-8H,1H3,(H,15,17)(H2,14,20,21). The lowest BCUT2D eigenvalue weighted by Crippen LogP contribution is -2.26. The molecule has 1 heterocycles. The van der Waals surface area contributed by atoms with Crippen LogP contribution in [0.4, 0.5) is 5.00 Å². The highest BCUT2D eigenvalue weighted by molar-refractivity contribution is 7.89. The number of nitrogens with zero attached hydrogens (tertiary/aromatic N) is 1. The monoisotopic (exact) mass is 355 g/mol. The molecule has 0 aliphatic heterocycles. The van der Waals surface area contributed by atoms with Gasteiger partial charge >= 0.3 is 5.00 Å². The molecule has 0 fully saturated rings. The van der Waals surface area contributed by atoms with Crippen molar-refractivity contribution in [3.8, 4) is 0 Å². The van der Waals surface area contributed by atoms with Gasteiger partial charge in [-0.05, 0) is 30.7 Å². The van der Waals surface area contributed by atoms with E-state index < -0.39 is 26.9 Å². The topological polar surface area (TPSA) is 132 Å². The summed E-state index contributed by atoms with van der Waals surface area (Å²) in [6.45, 7) is 1.67. The van der Waals surface area contributed by atoms with E-state index in [4.69, 9.17) is 5.14 Å². The van der Waals surface area contributed by atoms with Gasteiger partial charge in [0.25, 0.3) is 5.91 Å². The first-order valence-electron chi connectivity index (χ1n) is 6.36. The number of thiophene rings is 1. The number of nitro groups is 1. The van der Waals surface area contributed by atoms with Crippen LogP contribution >= 0.6 is 11.3 Å². The largest absolute Gasteiger partial charge is 0.345 e. The molecule has 0 saturated heterocycles. The number of hydrogen-bond acceptors (Lipinski definition) is 6. The van der Waals surface area contributed by atoms with Gasteiger partial charge < -0.3 is 5.32 Å². The van der Waals surface area contributed by atoms with Crippen molar-refractivity contribution >= 4 is 32.3 Å². The Kier molecular flexibility index (Phi) is 4.78. The Hall–Kier alpha value is -2.30. The Morgan fingerprint density at radius 1 is 1.35 bits per heavy atom. The van der Waals surface area contributed by atoms with Crippen LogP contribution in [0.2, 0.25) is 0 Å². The predicted octanol–water partition coefficient (Wildman–Crippen LogP) is 1.79. The average Bonchev–Trinajstić information content (AvgIpc) is 2.96. The molecular weight excluding hydrogens is 342 g/mol. The summed E-state index contributed by atoms with van der Waals surface area (Å²) in [4.78, 5) is 22.3. The molecule has 1 atom stereocenters. The summed E-state index contributed by atoms with van der Waals surface area (Å²) >= 11 is 0.767. The minimum absolute atomic E-state index is 0.0529. The normalized spacial score (nSPS) is 12.6. The van der Waals surface area contributed by atoms with Gasteiger partial charge in [0.1, 0.15) is 0 Å². The molecule has 0 saturated carbocycles. The van der Waals surface area contributed by atoms with Crippen molar-refractivity contribution in [1.82, 2.24) is 5.32 Å². The molecule has 1 aromatic heterocycles. The summed E-state index contributed by atoms with van der Waals surface area (Å²) < 4.78 is 22.7. The molecule has 122 valence electrons. The number of primary sulfonamides is 1. The predicted molar refractivity (Wildman–Crippen MR) is 84.7 cm³/mol. The second kappa shape index (κ2) is 6.44. The van der Waals surface area contributed by atoms with E-state index in [1.54, 1.807) is 13.0 Å². The highest BCUT2D eigenvalue weighted by Gasteiger charge is 2.18. The van der Waals surface area contributed by atoms with Crippen molar-refractivity contribution < 1.29 is 18.1 Å². The molecule has 10 heteroatoms. The number of nitrogens with two attached hydrogens (primary N) is 1. The first kappa shape index (κ1) is 17.1. The van der Waals surface area contributed by atoms with Crippen LogP contribution in [0, 0.1) is 10.1 Å². The zero-order chi connectivity index (χ0) is 17.2. The Morgan fingerprint density at radius 3 is 2.61 bits per heavy atom. The van der Waals surface area contributed by atoms with Crippen LogP contribution in [0.15, 0.2) is 41.3 Å². The van der Waals surface area contributed by atoms with Crippen LogP contribution in [0.5, 0.6) is 0 Å². The Labute approximate surface area is 136 Å². The lowest BCUT2D eigenvalue weighted by Gasteiger charge is -2.14. The molecule has 1 aromatic carbocycles. The van der Waals surface area contributed by atoms with Crippen molar-refractivity contribution in [3.63, 3.8) is 0 Å². The van der Waals surface area contributed by atoms with E-state index in [2.05, 4.69) is 5.32 Å². The smallest absolute Gasteiger partial charge is 0.324 e. The SMILES string of the molecule is CC(NC(=O)c1ccc([N+](=O)[O-])s1)c1cccc(S(N)(=O)=O)c1. The van der Waals surface area contributed by atoms with Gasteiger partial charge in [-0.25, -0.2) is 13.6 Å². The fraction of sp³-hybridized carbons (Fsp3) is 0.154. The maximum Gasteiger partial charge on any atom is 0.324 e. The second-order valence-electron chi connectivity index (χ2n) is 4.71. The lowest BCUT2D eigenvalue weighted by atomic mass is 10.1. The number of sulfonamides is 1. The molecule has 1 amide bonds. The number of hydrogen-bond donors (Lipinski definition) is 2. The first-order valence-corrected chi connectivity index (χ1v) is 8.72. The molecule has 0 aliphatic carbocycles. The fourth-order valence-electron chi connectivity index (χ4n) is 1.86. The van der Waals surface area contributed by atoms with Crippen LogP contribution in [0.3, 0.4) is 0 Å². The number of rotatable bonds is 5. The van der Waals surface area contributed by atoms with Gasteiger partial charge in [-0.3, -0.25) is 14.9 Å². The van der Waals surface area contributed by atoms with Crippen molar-refractivity contribution in [2.45, 2.75) is 17.9 Å². The van der Waals surface area contributed by atoms with Crippen molar-refractivity contribution in [2.75, 3.05) is 0 Å². The van der Waals surface area contributed by atoms with Crippen LogP contribution in [-0.2, 0) is 10.0 Å². The van der Waals surface area contributed by atoms with E-state index in [0.717, 1.165) is 11.3 Å². The summed E-state index contributed by atoms with van der Waals surface area (Å²) in [6.07, 6.45) is 0. The number of carbonyl (C=O) groups is 1. The van der Waals surface area contributed by atoms with Crippen LogP contribution in [-0.4, -0.2) is 19.2 Å². The van der Waals surface area contributed by atoms with Crippen molar-refractivity contribution in [3.05, 3.63) is 57.0 Å². The molecule has 0 radical (unpaired) electrons. The molecule has 1 unspecified atom stereocenters. The summed E-state index contributed by atoms with van der Waals surface area (Å²) in [6, 6.07) is 8.03. The minimum atomic E-state index is -3.83. The molecular formula is C13H13N3O5S2. The number of amides is 1. The molecule has 3 N–H and O–H groups in total. The molecule has 2 rings (SSSR count). The molecule has 0 spiro atoms. The van der Waals surface area contributed by atoms with E-state index in [1.165, 1.54) is 30.3 Å². The summed E-state index contributed by atoms with van der Waals surface area (Å²) in [5.41, 5.74) is 0.552. The zero-order valence-corrected chi connectivity index (χ0v) is 13.6. The van der Waals surface area contributed by atoms with Crippen LogP contribution in [0.25, 0.3) is 0 Å². The van der Waals surface area contributed by atoms with E-state index in [0.29, 0.717) is 5.56 Å². The molecule has 23 heavy (non-hydrogen) atoms. The average molecular weight is 355 g/mol. The van der Waals surface area contributed by atoms with Crippen molar-refractivity contribution in [1.29, 1.82) is 0 Å². The first-order chi connectivity index (χ1) is 10.7. The Bertz CT molecular complexity index is 860. The van der Waals surface area contributed by atoms with Gasteiger partial charge in [0, 0.05) is 6.07 Å². The zero-order valence-electron chi connectivity index (χ0n) is 11.9. The fourth-order valence-corrected chi connectivity index (χ4v) is 3.15. The van der Waals surface area contributed by atoms with Gasteiger partial charge in [-0.1, -0.05) is 23.5 Å². The molecule has 0 aliphatic rings. The van der Waals surface area contributed by atoms with E-state index in [-0.39, 0.29) is 14.8 Å². The second-order valence-corrected chi connectivity index (χ2v) is 7.33. The maximum absolute atomic E-state index is 12.1. The third kappa shape index (κ3) is 4.12. The van der Waals surface area contributed by atoms with Crippen molar-refractivity contribution in [2.24, 2.45) is 5.14 Å². The third-order valence-electron chi connectivity index (χ3n) is 3.03. The van der Waals surface area contributed by atoms with E-state index >= 15 is 0 Å². The highest BCUT2D eigenvalue weighted by atomic mass is 32.2. The van der Waals surface area contributed by atoms with Gasteiger partial charge in [0.2, 0.25) is 10.0 Å².